The van der Waals surface area contributed by atoms with Crippen LogP contribution in [0.5, 0.6) is 5.88 Å². The third-order valence-corrected chi connectivity index (χ3v) is 6.89. The Hall–Kier alpha value is -3.61. The van der Waals surface area contributed by atoms with E-state index in [1.165, 1.54) is 0 Å². The number of aliphatic hydroxyl groups is 1. The second kappa shape index (κ2) is 11.4. The Bertz CT molecular complexity index is 1230. The van der Waals surface area contributed by atoms with Crippen LogP contribution in [-0.4, -0.2) is 58.1 Å². The SMILES string of the molecule is O=C(C1CCN(CC(O)COc2ccc3ccccc3n2)CC1)C(c1ccccc1)c1cccnc1. The number of carbonyl (C=O) groups excluding carboxylic acids is 1. The van der Waals surface area contributed by atoms with E-state index in [2.05, 4.69) is 14.9 Å². The van der Waals surface area contributed by atoms with Gasteiger partial charge >= 0.3 is 0 Å². The summed E-state index contributed by atoms with van der Waals surface area (Å²) in [5, 5.41) is 11.6. The maximum atomic E-state index is 13.7. The van der Waals surface area contributed by atoms with Crippen LogP contribution in [0, 0.1) is 5.92 Å². The van der Waals surface area contributed by atoms with E-state index < -0.39 is 6.10 Å². The summed E-state index contributed by atoms with van der Waals surface area (Å²) in [6, 6.07) is 25.5. The van der Waals surface area contributed by atoms with E-state index in [-0.39, 0.29) is 24.2 Å². The first-order valence-electron chi connectivity index (χ1n) is 12.5. The van der Waals surface area contributed by atoms with Crippen molar-refractivity contribution in [3.8, 4) is 5.88 Å². The van der Waals surface area contributed by atoms with Crippen molar-refractivity contribution in [2.24, 2.45) is 5.92 Å². The quantitative estimate of drug-likeness (QED) is 0.380. The summed E-state index contributed by atoms with van der Waals surface area (Å²) in [4.78, 5) is 24.6. The normalized spacial score (nSPS) is 16.5. The number of aliphatic hydroxyl groups excluding tert-OH is 1. The summed E-state index contributed by atoms with van der Waals surface area (Å²) in [5.41, 5.74) is 2.81. The fourth-order valence-corrected chi connectivity index (χ4v) is 5.01. The van der Waals surface area contributed by atoms with Gasteiger partial charge in [-0.05, 0) is 55.3 Å². The van der Waals surface area contributed by atoms with E-state index in [4.69, 9.17) is 4.74 Å². The molecule has 2 atom stereocenters. The molecule has 1 aliphatic heterocycles. The Morgan fingerprint density at radius 2 is 1.69 bits per heavy atom. The van der Waals surface area contributed by atoms with E-state index in [0.29, 0.717) is 12.4 Å². The molecule has 36 heavy (non-hydrogen) atoms. The molecular weight excluding hydrogens is 450 g/mol. The van der Waals surface area contributed by atoms with Crippen molar-refractivity contribution < 1.29 is 14.6 Å². The van der Waals surface area contributed by atoms with E-state index in [1.54, 1.807) is 12.4 Å². The summed E-state index contributed by atoms with van der Waals surface area (Å²) in [6.07, 6.45) is 4.47. The number of para-hydroxylation sites is 1. The van der Waals surface area contributed by atoms with Crippen LogP contribution in [0.3, 0.4) is 0 Å². The van der Waals surface area contributed by atoms with E-state index in [1.807, 2.05) is 78.9 Å². The zero-order valence-corrected chi connectivity index (χ0v) is 20.2. The molecule has 0 radical (unpaired) electrons. The zero-order chi connectivity index (χ0) is 24.7. The van der Waals surface area contributed by atoms with Crippen LogP contribution in [0.2, 0.25) is 0 Å². The summed E-state index contributed by atoms with van der Waals surface area (Å²) in [6.45, 7) is 2.24. The van der Waals surface area contributed by atoms with Gasteiger partial charge in [0.1, 0.15) is 18.5 Å². The molecule has 2 aromatic carbocycles. The van der Waals surface area contributed by atoms with Gasteiger partial charge in [0.25, 0.3) is 0 Å². The summed E-state index contributed by atoms with van der Waals surface area (Å²) < 4.78 is 5.76. The highest BCUT2D eigenvalue weighted by molar-refractivity contribution is 5.91. The first-order valence-corrected chi connectivity index (χ1v) is 12.5. The molecule has 1 aliphatic rings. The number of Topliss-reactive ketones (excluding diaryl/α,β-unsaturated/α-hetero) is 1. The zero-order valence-electron chi connectivity index (χ0n) is 20.2. The largest absolute Gasteiger partial charge is 0.475 e. The number of likely N-dealkylation sites (tertiary alicyclic amines) is 1. The minimum absolute atomic E-state index is 0.0122. The van der Waals surface area contributed by atoms with Crippen LogP contribution in [-0.2, 0) is 4.79 Å². The Kier molecular flexibility index (Phi) is 7.64. The molecule has 2 unspecified atom stereocenters. The fraction of sp³-hybridized carbons (Fsp3) is 0.300. The van der Waals surface area contributed by atoms with Gasteiger partial charge in [0.05, 0.1) is 11.4 Å². The number of ether oxygens (including phenoxy) is 1. The molecule has 0 spiro atoms. The molecule has 0 amide bonds. The maximum absolute atomic E-state index is 13.7. The van der Waals surface area contributed by atoms with Crippen molar-refractivity contribution in [1.82, 2.24) is 14.9 Å². The van der Waals surface area contributed by atoms with E-state index >= 15 is 0 Å². The number of fused-ring (bicyclic) bond motifs is 1. The molecule has 5 rings (SSSR count). The summed E-state index contributed by atoms with van der Waals surface area (Å²) >= 11 is 0. The van der Waals surface area contributed by atoms with Crippen LogP contribution in [0.25, 0.3) is 10.9 Å². The molecule has 1 fully saturated rings. The number of rotatable bonds is 9. The highest BCUT2D eigenvalue weighted by Gasteiger charge is 2.32. The van der Waals surface area contributed by atoms with E-state index in [0.717, 1.165) is 48.0 Å². The number of ketones is 1. The summed E-state index contributed by atoms with van der Waals surface area (Å²) in [7, 11) is 0. The topological polar surface area (TPSA) is 75.6 Å². The first-order chi connectivity index (χ1) is 17.7. The lowest BCUT2D eigenvalue weighted by Gasteiger charge is -2.34. The number of aromatic nitrogens is 2. The third kappa shape index (κ3) is 5.78. The number of piperidine rings is 1. The van der Waals surface area contributed by atoms with Gasteiger partial charge in [0, 0.05) is 36.3 Å². The molecule has 1 N–H and O–H groups in total. The molecule has 3 heterocycles. The van der Waals surface area contributed by atoms with Crippen molar-refractivity contribution in [2.45, 2.75) is 24.9 Å². The smallest absolute Gasteiger partial charge is 0.213 e. The van der Waals surface area contributed by atoms with Crippen molar-refractivity contribution in [3.05, 3.63) is 102 Å². The van der Waals surface area contributed by atoms with Gasteiger partial charge in [-0.2, -0.15) is 0 Å². The number of pyridine rings is 2. The lowest BCUT2D eigenvalue weighted by molar-refractivity contribution is -0.125. The van der Waals surface area contributed by atoms with Gasteiger partial charge in [-0.25, -0.2) is 4.98 Å². The predicted octanol–water partition coefficient (Wildman–Crippen LogP) is 4.48. The summed E-state index contributed by atoms with van der Waals surface area (Å²) in [5.74, 6) is 0.450. The highest BCUT2D eigenvalue weighted by atomic mass is 16.5. The number of hydrogen-bond acceptors (Lipinski definition) is 6. The van der Waals surface area contributed by atoms with Crippen LogP contribution < -0.4 is 4.74 Å². The Morgan fingerprint density at radius 3 is 2.47 bits per heavy atom. The predicted molar refractivity (Wildman–Crippen MR) is 140 cm³/mol. The number of nitrogens with zero attached hydrogens (tertiary/aromatic N) is 3. The van der Waals surface area contributed by atoms with Crippen LogP contribution >= 0.6 is 0 Å². The number of carbonyl (C=O) groups is 1. The first kappa shape index (κ1) is 24.1. The monoisotopic (exact) mass is 481 g/mol. The van der Waals surface area contributed by atoms with Crippen molar-refractivity contribution in [2.75, 3.05) is 26.2 Å². The number of β-amino-alcohol motifs (C(OH)–C–C–N with tert-alkyl or cyclic N) is 1. The molecule has 4 aromatic rings. The minimum atomic E-state index is -0.627. The minimum Gasteiger partial charge on any atom is -0.475 e. The molecule has 184 valence electrons. The van der Waals surface area contributed by atoms with Crippen LogP contribution in [0.4, 0.5) is 0 Å². The maximum Gasteiger partial charge on any atom is 0.213 e. The van der Waals surface area contributed by atoms with Gasteiger partial charge < -0.3 is 14.7 Å². The molecule has 6 nitrogen and oxygen atoms in total. The third-order valence-electron chi connectivity index (χ3n) is 6.89. The number of benzene rings is 2. The Balaban J connectivity index is 1.15. The molecule has 1 saturated heterocycles. The second-order valence-corrected chi connectivity index (χ2v) is 9.41. The van der Waals surface area contributed by atoms with Gasteiger partial charge in [-0.15, -0.1) is 0 Å². The average molecular weight is 482 g/mol. The van der Waals surface area contributed by atoms with Gasteiger partial charge in [0.15, 0.2) is 0 Å². The lowest BCUT2D eigenvalue weighted by Crippen LogP contribution is -2.42. The van der Waals surface area contributed by atoms with Crippen molar-refractivity contribution in [1.29, 1.82) is 0 Å². The second-order valence-electron chi connectivity index (χ2n) is 9.41. The van der Waals surface area contributed by atoms with Gasteiger partial charge in [-0.3, -0.25) is 9.78 Å². The van der Waals surface area contributed by atoms with Crippen LogP contribution in [0.15, 0.2) is 91.3 Å². The van der Waals surface area contributed by atoms with Crippen molar-refractivity contribution in [3.63, 3.8) is 0 Å². The van der Waals surface area contributed by atoms with Gasteiger partial charge in [-0.1, -0.05) is 54.6 Å². The standard InChI is InChI=1S/C30H31N3O3/c34-26(21-36-28-13-12-22-7-4-5-11-27(22)32-28)20-33-17-14-24(15-18-33)30(35)29(23-8-2-1-3-9-23)25-10-6-16-31-19-25/h1-13,16,19,24,26,29,34H,14-15,17-18,20-21H2. The average Bonchev–Trinajstić information content (AvgIpc) is 2.93. The molecule has 2 aromatic heterocycles. The van der Waals surface area contributed by atoms with Gasteiger partial charge in [0.2, 0.25) is 5.88 Å². The molecular formula is C30H31N3O3. The van der Waals surface area contributed by atoms with E-state index in [9.17, 15) is 9.90 Å². The van der Waals surface area contributed by atoms with Crippen molar-refractivity contribution >= 4 is 16.7 Å². The lowest BCUT2D eigenvalue weighted by atomic mass is 9.79. The Labute approximate surface area is 211 Å². The van der Waals surface area contributed by atoms with Crippen LogP contribution in [0.1, 0.15) is 29.9 Å². The molecule has 6 heteroatoms. The molecule has 0 saturated carbocycles. The molecule has 0 bridgehead atoms. The molecule has 0 aliphatic carbocycles. The highest BCUT2D eigenvalue weighted by Crippen LogP contribution is 2.31. The fourth-order valence-electron chi connectivity index (χ4n) is 5.01. The number of hydrogen-bond donors (Lipinski definition) is 1. The Morgan fingerprint density at radius 1 is 0.944 bits per heavy atom.